The zero-order valence-corrected chi connectivity index (χ0v) is 11.2. The van der Waals surface area contributed by atoms with E-state index in [9.17, 15) is 4.79 Å². The molecular formula is C15H22O2. The van der Waals surface area contributed by atoms with Gasteiger partial charge in [0, 0.05) is 13.5 Å². The van der Waals surface area contributed by atoms with Gasteiger partial charge in [-0.25, -0.2) is 0 Å². The summed E-state index contributed by atoms with van der Waals surface area (Å²) in [5, 5.41) is 0. The van der Waals surface area contributed by atoms with Gasteiger partial charge in [-0.2, -0.15) is 0 Å². The number of hydrogen-bond acceptors (Lipinski definition) is 2. The number of hydrogen-bond donors (Lipinski definition) is 0. The molecule has 0 spiro atoms. The van der Waals surface area contributed by atoms with Crippen LogP contribution < -0.4 is 0 Å². The van der Waals surface area contributed by atoms with Crippen molar-refractivity contribution in [3.8, 4) is 0 Å². The van der Waals surface area contributed by atoms with Crippen LogP contribution in [0.1, 0.15) is 38.3 Å². The van der Waals surface area contributed by atoms with Gasteiger partial charge in [-0.1, -0.05) is 24.3 Å². The number of benzene rings is 1. The quantitative estimate of drug-likeness (QED) is 0.755. The van der Waals surface area contributed by atoms with E-state index in [-0.39, 0.29) is 11.4 Å². The third kappa shape index (κ3) is 5.14. The topological polar surface area (TPSA) is 26.3 Å². The van der Waals surface area contributed by atoms with Crippen LogP contribution in [0.3, 0.4) is 0 Å². The Kier molecular flexibility index (Phi) is 4.88. The Hall–Kier alpha value is -1.15. The standard InChI is InChI=1S/C15H22O2/c1-12(16)11-14-7-5-13(6-8-14)9-10-15(2,3)17-4/h5-8H,9-11H2,1-4H3. The molecule has 1 aromatic carbocycles. The molecule has 2 nitrogen and oxygen atoms in total. The fourth-order valence-electron chi connectivity index (χ4n) is 1.66. The Balaban J connectivity index is 2.54. The van der Waals surface area contributed by atoms with E-state index in [1.165, 1.54) is 5.56 Å². The summed E-state index contributed by atoms with van der Waals surface area (Å²) in [5.74, 6) is 0.207. The largest absolute Gasteiger partial charge is 0.379 e. The summed E-state index contributed by atoms with van der Waals surface area (Å²) >= 11 is 0. The molecule has 0 aromatic heterocycles. The molecule has 0 bridgehead atoms. The number of carbonyl (C=O) groups is 1. The minimum absolute atomic E-state index is 0.0714. The normalized spacial score (nSPS) is 11.5. The van der Waals surface area contributed by atoms with Crippen molar-refractivity contribution in [2.24, 2.45) is 0 Å². The van der Waals surface area contributed by atoms with E-state index >= 15 is 0 Å². The van der Waals surface area contributed by atoms with Crippen LogP contribution in [0.5, 0.6) is 0 Å². The minimum atomic E-state index is -0.0714. The first-order valence-corrected chi connectivity index (χ1v) is 6.05. The third-order valence-electron chi connectivity index (χ3n) is 3.04. The van der Waals surface area contributed by atoms with Crippen molar-refractivity contribution in [1.82, 2.24) is 0 Å². The fraction of sp³-hybridized carbons (Fsp3) is 0.533. The Labute approximate surface area is 104 Å². The highest BCUT2D eigenvalue weighted by Crippen LogP contribution is 2.17. The highest BCUT2D eigenvalue weighted by atomic mass is 16.5. The van der Waals surface area contributed by atoms with Gasteiger partial charge in [0.05, 0.1) is 5.60 Å². The summed E-state index contributed by atoms with van der Waals surface area (Å²) < 4.78 is 5.39. The van der Waals surface area contributed by atoms with Crippen molar-refractivity contribution in [3.05, 3.63) is 35.4 Å². The van der Waals surface area contributed by atoms with Crippen molar-refractivity contribution < 1.29 is 9.53 Å². The van der Waals surface area contributed by atoms with E-state index in [4.69, 9.17) is 4.74 Å². The number of ether oxygens (including phenoxy) is 1. The smallest absolute Gasteiger partial charge is 0.134 e. The van der Waals surface area contributed by atoms with Crippen LogP contribution in [-0.2, 0) is 22.4 Å². The second-order valence-corrected chi connectivity index (χ2v) is 5.16. The molecule has 0 fully saturated rings. The monoisotopic (exact) mass is 234 g/mol. The van der Waals surface area contributed by atoms with Gasteiger partial charge in [-0.3, -0.25) is 4.79 Å². The van der Waals surface area contributed by atoms with Gasteiger partial charge < -0.3 is 4.74 Å². The van der Waals surface area contributed by atoms with E-state index in [0.717, 1.165) is 18.4 Å². The molecule has 0 aliphatic heterocycles. The lowest BCUT2D eigenvalue weighted by Crippen LogP contribution is -2.22. The number of ketones is 1. The highest BCUT2D eigenvalue weighted by Gasteiger charge is 2.15. The molecular weight excluding hydrogens is 212 g/mol. The lowest BCUT2D eigenvalue weighted by atomic mass is 9.97. The zero-order chi connectivity index (χ0) is 12.9. The molecule has 0 atom stereocenters. The molecule has 0 amide bonds. The maximum Gasteiger partial charge on any atom is 0.134 e. The average Bonchev–Trinajstić information content (AvgIpc) is 2.28. The first-order chi connectivity index (χ1) is 7.93. The molecule has 1 aromatic rings. The molecule has 0 saturated heterocycles. The minimum Gasteiger partial charge on any atom is -0.379 e. The lowest BCUT2D eigenvalue weighted by Gasteiger charge is -2.22. The maximum atomic E-state index is 11.0. The molecule has 0 unspecified atom stereocenters. The van der Waals surface area contributed by atoms with Crippen molar-refractivity contribution in [1.29, 1.82) is 0 Å². The van der Waals surface area contributed by atoms with Gasteiger partial charge >= 0.3 is 0 Å². The van der Waals surface area contributed by atoms with Gasteiger partial charge in [-0.15, -0.1) is 0 Å². The van der Waals surface area contributed by atoms with Crippen LogP contribution in [0.2, 0.25) is 0 Å². The number of aryl methyl sites for hydroxylation is 1. The summed E-state index contributed by atoms with van der Waals surface area (Å²) in [4.78, 5) is 11.0. The molecule has 94 valence electrons. The molecule has 0 radical (unpaired) electrons. The summed E-state index contributed by atoms with van der Waals surface area (Å²) in [5.41, 5.74) is 2.31. The third-order valence-corrected chi connectivity index (χ3v) is 3.04. The van der Waals surface area contributed by atoms with Crippen molar-refractivity contribution >= 4 is 5.78 Å². The molecule has 0 aliphatic rings. The molecule has 1 rings (SSSR count). The highest BCUT2D eigenvalue weighted by molar-refractivity contribution is 5.78. The molecule has 2 heteroatoms. The van der Waals surface area contributed by atoms with Crippen LogP contribution in [0.15, 0.2) is 24.3 Å². The summed E-state index contributed by atoms with van der Waals surface area (Å²) in [6.07, 6.45) is 2.53. The Morgan fingerprint density at radius 3 is 2.18 bits per heavy atom. The Morgan fingerprint density at radius 2 is 1.71 bits per heavy atom. The molecule has 0 N–H and O–H groups in total. The lowest BCUT2D eigenvalue weighted by molar-refractivity contribution is -0.116. The van der Waals surface area contributed by atoms with E-state index in [2.05, 4.69) is 26.0 Å². The van der Waals surface area contributed by atoms with Gasteiger partial charge in [0.25, 0.3) is 0 Å². The van der Waals surface area contributed by atoms with Crippen molar-refractivity contribution in [2.75, 3.05) is 7.11 Å². The van der Waals surface area contributed by atoms with Gasteiger partial charge in [-0.05, 0) is 44.7 Å². The summed E-state index contributed by atoms with van der Waals surface area (Å²) in [7, 11) is 1.75. The molecule has 0 heterocycles. The van der Waals surface area contributed by atoms with E-state index in [1.54, 1.807) is 14.0 Å². The van der Waals surface area contributed by atoms with E-state index < -0.39 is 0 Å². The van der Waals surface area contributed by atoms with Gasteiger partial charge in [0.1, 0.15) is 5.78 Å². The second-order valence-electron chi connectivity index (χ2n) is 5.16. The number of carbonyl (C=O) groups excluding carboxylic acids is 1. The van der Waals surface area contributed by atoms with Gasteiger partial charge in [0.2, 0.25) is 0 Å². The van der Waals surface area contributed by atoms with Crippen LogP contribution in [0, 0.1) is 0 Å². The van der Waals surface area contributed by atoms with Crippen molar-refractivity contribution in [2.45, 2.75) is 45.6 Å². The summed E-state index contributed by atoms with van der Waals surface area (Å²) in [6.45, 7) is 5.81. The van der Waals surface area contributed by atoms with E-state index in [1.807, 2.05) is 12.1 Å². The first kappa shape index (κ1) is 13.9. The van der Waals surface area contributed by atoms with Crippen LogP contribution >= 0.6 is 0 Å². The Morgan fingerprint density at radius 1 is 1.18 bits per heavy atom. The number of Topliss-reactive ketones (excluding diaryl/α,β-unsaturated/α-hetero) is 1. The fourth-order valence-corrected chi connectivity index (χ4v) is 1.66. The molecule has 17 heavy (non-hydrogen) atoms. The van der Waals surface area contributed by atoms with E-state index in [0.29, 0.717) is 6.42 Å². The first-order valence-electron chi connectivity index (χ1n) is 6.05. The van der Waals surface area contributed by atoms with Gasteiger partial charge in [0.15, 0.2) is 0 Å². The average molecular weight is 234 g/mol. The predicted molar refractivity (Wildman–Crippen MR) is 70.2 cm³/mol. The molecule has 0 aliphatic carbocycles. The van der Waals surface area contributed by atoms with Crippen LogP contribution in [0.4, 0.5) is 0 Å². The Bertz CT molecular complexity index is 363. The molecule has 0 saturated carbocycles. The predicted octanol–water partition coefficient (Wildman–Crippen LogP) is 3.18. The number of rotatable bonds is 6. The second kappa shape index (κ2) is 5.97. The zero-order valence-electron chi connectivity index (χ0n) is 11.2. The maximum absolute atomic E-state index is 11.0. The summed E-state index contributed by atoms with van der Waals surface area (Å²) in [6, 6.07) is 8.28. The SMILES string of the molecule is COC(C)(C)CCc1ccc(CC(C)=O)cc1. The van der Waals surface area contributed by atoms with Crippen LogP contribution in [-0.4, -0.2) is 18.5 Å². The van der Waals surface area contributed by atoms with Crippen LogP contribution in [0.25, 0.3) is 0 Å². The van der Waals surface area contributed by atoms with Crippen molar-refractivity contribution in [3.63, 3.8) is 0 Å². The number of methoxy groups -OCH3 is 1.